The van der Waals surface area contributed by atoms with E-state index >= 15 is 0 Å². The number of para-hydroxylation sites is 1. The van der Waals surface area contributed by atoms with E-state index < -0.39 is 0 Å². The highest BCUT2D eigenvalue weighted by Gasteiger charge is 2.05. The van der Waals surface area contributed by atoms with Crippen molar-refractivity contribution >= 4 is 23.7 Å². The minimum atomic E-state index is -0.329. The highest BCUT2D eigenvalue weighted by Crippen LogP contribution is 2.18. The molecule has 0 fully saturated rings. The summed E-state index contributed by atoms with van der Waals surface area (Å²) in [6.07, 6.45) is 1.79. The van der Waals surface area contributed by atoms with Gasteiger partial charge in [-0.05, 0) is 36.4 Å². The number of aliphatic hydroxyl groups excluding tert-OH is 1. The van der Waals surface area contributed by atoms with Crippen LogP contribution in [0.25, 0.3) is 0 Å². The van der Waals surface area contributed by atoms with Crippen molar-refractivity contribution in [2.75, 3.05) is 17.3 Å². The number of hydrogen-bond donors (Lipinski definition) is 4. The summed E-state index contributed by atoms with van der Waals surface area (Å²) in [6.45, 7) is -0.0619. The van der Waals surface area contributed by atoms with Gasteiger partial charge in [0.15, 0.2) is 0 Å². The van der Waals surface area contributed by atoms with E-state index in [4.69, 9.17) is 0 Å². The first-order valence-corrected chi connectivity index (χ1v) is 8.22. The van der Waals surface area contributed by atoms with E-state index in [2.05, 4.69) is 25.8 Å². The van der Waals surface area contributed by atoms with Crippen molar-refractivity contribution < 1.29 is 14.6 Å². The summed E-state index contributed by atoms with van der Waals surface area (Å²) in [4.78, 5) is 8.58. The SMILES string of the molecule is OCCc1cc(Nc2ccc(F)cc2)nc(N/N=C/c2ccccc2O)n1. The van der Waals surface area contributed by atoms with Gasteiger partial charge < -0.3 is 15.5 Å². The molecule has 1 heterocycles. The molecular formula is C19H18FN5O2. The van der Waals surface area contributed by atoms with Crippen molar-refractivity contribution in [3.05, 3.63) is 71.7 Å². The molecule has 0 aliphatic rings. The van der Waals surface area contributed by atoms with E-state index in [-0.39, 0.29) is 24.1 Å². The van der Waals surface area contributed by atoms with Crippen molar-refractivity contribution in [1.29, 1.82) is 0 Å². The number of halogens is 1. The lowest BCUT2D eigenvalue weighted by Gasteiger charge is -2.09. The fourth-order valence-electron chi connectivity index (χ4n) is 2.29. The highest BCUT2D eigenvalue weighted by atomic mass is 19.1. The Morgan fingerprint density at radius 3 is 2.59 bits per heavy atom. The van der Waals surface area contributed by atoms with Gasteiger partial charge >= 0.3 is 0 Å². The Balaban J connectivity index is 1.78. The maximum atomic E-state index is 13.0. The molecule has 8 heteroatoms. The number of rotatable bonds is 7. The molecule has 0 saturated carbocycles. The van der Waals surface area contributed by atoms with Crippen molar-refractivity contribution in [2.45, 2.75) is 6.42 Å². The number of nitrogens with zero attached hydrogens (tertiary/aromatic N) is 3. The second-order valence-electron chi connectivity index (χ2n) is 5.60. The standard InChI is InChI=1S/C19H18FN5O2/c20-14-5-7-15(8-6-14)22-18-11-16(9-10-26)23-19(24-18)25-21-12-13-3-1-2-4-17(13)27/h1-8,11-12,26-27H,9-10H2,(H2,22,23,24,25)/b21-12+. The van der Waals surface area contributed by atoms with Crippen molar-refractivity contribution in [2.24, 2.45) is 5.10 Å². The van der Waals surface area contributed by atoms with Gasteiger partial charge in [0.1, 0.15) is 17.4 Å². The third-order valence-electron chi connectivity index (χ3n) is 3.57. The second kappa shape index (κ2) is 8.72. The molecule has 0 aliphatic carbocycles. The average molecular weight is 367 g/mol. The predicted octanol–water partition coefficient (Wildman–Crippen LogP) is 3.05. The molecule has 7 nitrogen and oxygen atoms in total. The molecule has 0 spiro atoms. The lowest BCUT2D eigenvalue weighted by Crippen LogP contribution is -2.05. The number of phenolic OH excluding ortho intramolecular Hbond substituents is 1. The number of phenols is 1. The van der Waals surface area contributed by atoms with Gasteiger partial charge in [-0.3, -0.25) is 0 Å². The van der Waals surface area contributed by atoms with Crippen LogP contribution >= 0.6 is 0 Å². The lowest BCUT2D eigenvalue weighted by atomic mass is 10.2. The summed E-state index contributed by atoms with van der Waals surface area (Å²) in [5, 5.41) is 26.0. The highest BCUT2D eigenvalue weighted by molar-refractivity contribution is 5.83. The molecule has 0 bridgehead atoms. The fraction of sp³-hybridized carbons (Fsp3) is 0.105. The fourth-order valence-corrected chi connectivity index (χ4v) is 2.29. The number of aromatic hydroxyl groups is 1. The quantitative estimate of drug-likeness (QED) is 0.378. The van der Waals surface area contributed by atoms with Crippen molar-refractivity contribution in [1.82, 2.24) is 9.97 Å². The van der Waals surface area contributed by atoms with Crippen LogP contribution in [0.1, 0.15) is 11.3 Å². The van der Waals surface area contributed by atoms with Crippen LogP contribution < -0.4 is 10.7 Å². The monoisotopic (exact) mass is 367 g/mol. The molecule has 2 aromatic carbocycles. The molecule has 138 valence electrons. The van der Waals surface area contributed by atoms with E-state index in [0.717, 1.165) is 0 Å². The van der Waals surface area contributed by atoms with E-state index in [0.29, 0.717) is 29.2 Å². The van der Waals surface area contributed by atoms with E-state index in [1.807, 2.05) is 0 Å². The zero-order valence-corrected chi connectivity index (χ0v) is 14.3. The molecule has 0 atom stereocenters. The minimum absolute atomic E-state index is 0.0619. The van der Waals surface area contributed by atoms with Gasteiger partial charge in [-0.1, -0.05) is 12.1 Å². The molecule has 0 unspecified atom stereocenters. The normalized spacial score (nSPS) is 10.9. The topological polar surface area (TPSA) is 103 Å². The molecule has 1 aromatic heterocycles. The number of aliphatic hydroxyl groups is 1. The van der Waals surface area contributed by atoms with Crippen molar-refractivity contribution in [3.63, 3.8) is 0 Å². The van der Waals surface area contributed by atoms with Gasteiger partial charge in [0, 0.05) is 30.3 Å². The smallest absolute Gasteiger partial charge is 0.245 e. The molecule has 3 rings (SSSR count). The average Bonchev–Trinajstić information content (AvgIpc) is 2.65. The first-order chi connectivity index (χ1) is 13.1. The number of anilines is 3. The van der Waals surface area contributed by atoms with Gasteiger partial charge in [-0.2, -0.15) is 10.1 Å². The maximum absolute atomic E-state index is 13.0. The third-order valence-corrected chi connectivity index (χ3v) is 3.57. The van der Waals surface area contributed by atoms with Crippen LogP contribution in [0.3, 0.4) is 0 Å². The van der Waals surface area contributed by atoms with Gasteiger partial charge in [0.2, 0.25) is 5.95 Å². The molecular weight excluding hydrogens is 349 g/mol. The van der Waals surface area contributed by atoms with Gasteiger partial charge in [0.05, 0.1) is 11.9 Å². The first kappa shape index (κ1) is 18.3. The third kappa shape index (κ3) is 5.23. The molecule has 0 amide bonds. The van der Waals surface area contributed by atoms with Crippen molar-refractivity contribution in [3.8, 4) is 5.75 Å². The summed E-state index contributed by atoms with van der Waals surface area (Å²) in [5.41, 5.74) is 4.52. The number of hydrogen-bond acceptors (Lipinski definition) is 7. The summed E-state index contributed by atoms with van der Waals surface area (Å²) in [5.74, 6) is 0.472. The Labute approximate surface area is 155 Å². The molecule has 27 heavy (non-hydrogen) atoms. The van der Waals surface area contributed by atoms with Gasteiger partial charge in [-0.25, -0.2) is 14.8 Å². The second-order valence-corrected chi connectivity index (χ2v) is 5.60. The zero-order chi connectivity index (χ0) is 19.1. The van der Waals surface area contributed by atoms with E-state index in [1.165, 1.54) is 18.3 Å². The number of aromatic nitrogens is 2. The first-order valence-electron chi connectivity index (χ1n) is 8.22. The Morgan fingerprint density at radius 1 is 1.07 bits per heavy atom. The maximum Gasteiger partial charge on any atom is 0.245 e. The molecule has 4 N–H and O–H groups in total. The van der Waals surface area contributed by atoms with Crippen LogP contribution in [0.2, 0.25) is 0 Å². The van der Waals surface area contributed by atoms with Crippen LogP contribution in [0, 0.1) is 5.82 Å². The lowest BCUT2D eigenvalue weighted by molar-refractivity contribution is 0.298. The molecule has 0 radical (unpaired) electrons. The minimum Gasteiger partial charge on any atom is -0.507 e. The number of benzene rings is 2. The van der Waals surface area contributed by atoms with Crippen LogP contribution in [-0.4, -0.2) is 33.0 Å². The Bertz CT molecular complexity index is 932. The van der Waals surface area contributed by atoms with Crippen LogP contribution in [0.4, 0.5) is 21.8 Å². The van der Waals surface area contributed by atoms with E-state index in [9.17, 15) is 14.6 Å². The van der Waals surface area contributed by atoms with E-state index in [1.54, 1.807) is 42.5 Å². The summed E-state index contributed by atoms with van der Waals surface area (Å²) < 4.78 is 13.0. The molecule has 0 saturated heterocycles. The Kier molecular flexibility index (Phi) is 5.91. The van der Waals surface area contributed by atoms with Crippen LogP contribution in [0.5, 0.6) is 5.75 Å². The summed E-state index contributed by atoms with van der Waals surface area (Å²) >= 11 is 0. The number of hydrazone groups is 1. The van der Waals surface area contributed by atoms with Gasteiger partial charge in [0.25, 0.3) is 0 Å². The zero-order valence-electron chi connectivity index (χ0n) is 14.3. The summed E-state index contributed by atoms with van der Waals surface area (Å²) in [6, 6.07) is 14.3. The predicted molar refractivity (Wildman–Crippen MR) is 102 cm³/mol. The Hall–Kier alpha value is -3.52. The Morgan fingerprint density at radius 2 is 1.85 bits per heavy atom. The van der Waals surface area contributed by atoms with Gasteiger partial charge in [-0.15, -0.1) is 0 Å². The number of nitrogens with one attached hydrogen (secondary N) is 2. The molecule has 0 aliphatic heterocycles. The largest absolute Gasteiger partial charge is 0.507 e. The van der Waals surface area contributed by atoms with Crippen LogP contribution in [0.15, 0.2) is 59.7 Å². The van der Waals surface area contributed by atoms with Crippen LogP contribution in [-0.2, 0) is 6.42 Å². The molecule has 3 aromatic rings. The summed E-state index contributed by atoms with van der Waals surface area (Å²) in [7, 11) is 0.